The molecular formula is C87H134N24O32. The molecule has 5 fully saturated rings. The number of primary amides is 1. The highest BCUT2D eigenvalue weighted by atomic mass is 16.4. The van der Waals surface area contributed by atoms with Crippen LogP contribution < -0.4 is 97.4 Å². The minimum atomic E-state index is -2.27. The molecule has 5 aliphatic heterocycles. The first-order valence-corrected chi connectivity index (χ1v) is 47.0. The van der Waals surface area contributed by atoms with Crippen LogP contribution in [-0.2, 0) is 117 Å². The van der Waals surface area contributed by atoms with Crippen molar-refractivity contribution in [3.05, 3.63) is 35.9 Å². The first kappa shape index (κ1) is 118. The van der Waals surface area contributed by atoms with Gasteiger partial charge in [-0.2, -0.15) is 0 Å². The highest BCUT2D eigenvalue weighted by Crippen LogP contribution is 2.30. The second-order valence-corrected chi connectivity index (χ2v) is 35.7. The number of aliphatic hydroxyl groups excluding tert-OH is 5. The number of hydrogen-bond donors (Lipinski definition) is 28. The molecular weight excluding hydrogens is 1890 g/mol. The van der Waals surface area contributed by atoms with E-state index in [0.29, 0.717) is 31.2 Å². The van der Waals surface area contributed by atoms with Crippen molar-refractivity contribution >= 4 is 142 Å². The van der Waals surface area contributed by atoms with Crippen LogP contribution >= 0.6 is 0 Å². The average molecular weight is 2030 g/mol. The van der Waals surface area contributed by atoms with E-state index in [1.165, 1.54) is 38.7 Å². The minimum absolute atomic E-state index is 0.0160. The summed E-state index contributed by atoms with van der Waals surface area (Å²) in [6, 6.07) is -23.8. The van der Waals surface area contributed by atoms with Gasteiger partial charge in [0.1, 0.15) is 109 Å². The molecule has 6 rings (SSSR count). The summed E-state index contributed by atoms with van der Waals surface area (Å²) >= 11 is 0. The van der Waals surface area contributed by atoms with Crippen LogP contribution in [0.4, 0.5) is 0 Å². The number of nitrogens with zero attached hydrogens (tertiary/aromatic N) is 5. The first-order chi connectivity index (χ1) is 67.7. The van der Waals surface area contributed by atoms with Gasteiger partial charge < -0.3 is 168 Å². The van der Waals surface area contributed by atoms with Crippen LogP contribution in [0.25, 0.3) is 0 Å². The SMILES string of the molecule is CC(C)C[C@H](NC(=O)[C@H](CO)NC(=O)[C@@H]1CCCN1C(=O)[C@@H]1CCCN1C(=O)[C@@H]1CCCN1C(=O)[C@H](C)NC(=O)[C@H](CCCCN)NC(=O)[C@H](CO)NC(=O)[C@H](CO)NC(=O)[C@H](CO)NC(=O)[C@H](CO)NC(=O)[C@H](CC(=O)O)NC(=O)[C@H](CCC(N)=O)NC(=O)[C@H](Cc1ccccc1)NC(=O)[C@H](CCCNC(=N)N)NC(=O)[C@@H]1CCCN1C(=O)[C@H](CC(=O)O)NC(=O)[C@@H](N)CC(=O)O)C(=O)N1CCC[C@H]1C(=O)O. The van der Waals surface area contributed by atoms with E-state index in [1.807, 2.05) is 16.0 Å². The smallest absolute Gasteiger partial charge is 0.326 e. The molecule has 56 nitrogen and oxygen atoms in total. The number of aliphatic carboxylic acids is 4. The van der Waals surface area contributed by atoms with Gasteiger partial charge in [0.15, 0.2) is 5.96 Å². The predicted molar refractivity (Wildman–Crippen MR) is 492 cm³/mol. The molecule has 5 saturated heterocycles. The number of nitrogens with one attached hydrogen (secondary N) is 15. The Bertz CT molecular complexity index is 4730. The Hall–Kier alpha value is -14.0. The molecule has 794 valence electrons. The zero-order valence-electron chi connectivity index (χ0n) is 79.4. The zero-order chi connectivity index (χ0) is 106. The highest BCUT2D eigenvalue weighted by Gasteiger charge is 2.49. The van der Waals surface area contributed by atoms with Crippen LogP contribution in [0, 0.1) is 11.3 Å². The third-order valence-electron chi connectivity index (χ3n) is 24.4. The lowest BCUT2D eigenvalue weighted by Gasteiger charge is -2.35. The Morgan fingerprint density at radius 3 is 1.16 bits per heavy atom. The van der Waals surface area contributed by atoms with Crippen LogP contribution in [0.2, 0.25) is 0 Å². The molecule has 1 aromatic carbocycles. The standard InChI is InChI=1S/C87H134N24O32/c1-43(2)33-52(82(138)111-32-14-23-63(111)86(142)143)101-75(131)58(42-116)106-80(136)60-20-11-29-108(60)84(140)62-22-13-31-110(62)85(141)61-21-12-30-109(61)81(137)44(3)94-69(125)47(17-7-8-26-88)95-74(130)54(38-112)103-77(133)56(40-114)105-78(134)57(41-115)104-76(132)55(39-113)102-73(129)51(36-66(120)121)99-71(127)49(24-25-64(90)117)96-72(128)50(34-45-15-5-4-6-16-45)98-70(126)48(18-9-27-93-87(91)92)97-79(135)59-19-10-28-107(59)83(139)53(37-67(122)123)100-68(124)46(89)35-65(118)119/h4-6,15-16,43-44,46-63,112-116H,7-14,17-42,88-89H2,1-3H3,(H2,90,117)(H,94,125)(H,95,130)(H,96,128)(H,97,135)(H,98,126)(H,99,127)(H,100,124)(H,101,131)(H,102,129)(H,103,133)(H,104,132)(H,105,134)(H,106,136)(H,118,119)(H,120,121)(H,122,123)(H,142,143)(H4,91,92,93)/t44-,46-,47-,48-,49-,50-,51-,52-,53-,54-,55-,56-,57-,58-,59-,60-,61-,62-,63-/m0/s1. The zero-order valence-corrected chi connectivity index (χ0v) is 79.4. The normalized spacial score (nSPS) is 19.5. The van der Waals surface area contributed by atoms with E-state index in [9.17, 15) is 151 Å². The average Bonchev–Trinajstić information content (AvgIpc) is 1.64. The number of carboxylic acids is 4. The number of benzene rings is 1. The van der Waals surface area contributed by atoms with Gasteiger partial charge in [-0.05, 0) is 134 Å². The summed E-state index contributed by atoms with van der Waals surface area (Å²) in [5.41, 5.74) is 22.6. The molecule has 0 radical (unpaired) electrons. The fraction of sp³-hybridized carbons (Fsp3) is 0.655. The summed E-state index contributed by atoms with van der Waals surface area (Å²) in [6.45, 7) is -1.20. The molecule has 1 aromatic rings. The summed E-state index contributed by atoms with van der Waals surface area (Å²) in [6.07, 6.45) is -3.02. The number of hydrogen-bond acceptors (Lipinski definition) is 31. The Balaban J connectivity index is 1.07. The Labute approximate surface area is 819 Å². The van der Waals surface area contributed by atoms with Gasteiger partial charge in [-0.3, -0.25) is 111 Å². The Morgan fingerprint density at radius 2 is 0.706 bits per heavy atom. The molecule has 32 N–H and O–H groups in total. The van der Waals surface area contributed by atoms with Gasteiger partial charge in [-0.15, -0.1) is 0 Å². The number of nitrogens with two attached hydrogens (primary N) is 4. The third kappa shape index (κ3) is 35.6. The van der Waals surface area contributed by atoms with E-state index in [-0.39, 0.29) is 129 Å². The molecule has 5 aliphatic rings. The molecule has 0 spiro atoms. The van der Waals surface area contributed by atoms with Gasteiger partial charge in [-0.25, -0.2) is 4.79 Å². The number of aliphatic hydroxyl groups is 5. The number of guanidine groups is 1. The summed E-state index contributed by atoms with van der Waals surface area (Å²) < 4.78 is 0. The second kappa shape index (κ2) is 57.8. The van der Waals surface area contributed by atoms with Gasteiger partial charge in [0.25, 0.3) is 0 Å². The van der Waals surface area contributed by atoms with Crippen molar-refractivity contribution in [3.8, 4) is 0 Å². The molecule has 0 aliphatic carbocycles. The fourth-order valence-corrected chi connectivity index (χ4v) is 17.0. The number of carboxylic acid groups (broad SMARTS) is 4. The molecule has 19 atom stereocenters. The van der Waals surface area contributed by atoms with E-state index in [1.54, 1.807) is 32.0 Å². The maximum absolute atomic E-state index is 14.7. The van der Waals surface area contributed by atoms with Crippen LogP contribution in [-0.4, -0.2) is 406 Å². The lowest BCUT2D eigenvalue weighted by Crippen LogP contribution is -2.62. The second-order valence-electron chi connectivity index (χ2n) is 35.7. The number of unbranched alkanes of at least 4 members (excludes halogenated alkanes) is 1. The van der Waals surface area contributed by atoms with Gasteiger partial charge in [0.05, 0.1) is 58.3 Å². The van der Waals surface area contributed by atoms with E-state index in [2.05, 4.69) is 58.5 Å². The van der Waals surface area contributed by atoms with Crippen molar-refractivity contribution in [2.75, 3.05) is 78.8 Å². The monoisotopic (exact) mass is 2030 g/mol. The van der Waals surface area contributed by atoms with E-state index >= 15 is 0 Å². The van der Waals surface area contributed by atoms with Gasteiger partial charge >= 0.3 is 23.9 Å². The Morgan fingerprint density at radius 1 is 0.371 bits per heavy atom. The third-order valence-corrected chi connectivity index (χ3v) is 24.4. The minimum Gasteiger partial charge on any atom is -0.481 e. The lowest BCUT2D eigenvalue weighted by molar-refractivity contribution is -0.151. The molecule has 143 heavy (non-hydrogen) atoms. The maximum Gasteiger partial charge on any atom is 0.326 e. The number of likely N-dealkylation sites (tertiary alicyclic amines) is 5. The topological polar surface area (TPSA) is 887 Å². The van der Waals surface area contributed by atoms with Crippen molar-refractivity contribution in [3.63, 3.8) is 0 Å². The van der Waals surface area contributed by atoms with E-state index in [4.69, 9.17) is 33.5 Å². The van der Waals surface area contributed by atoms with Crippen molar-refractivity contribution in [2.45, 2.75) is 277 Å². The summed E-state index contributed by atoms with van der Waals surface area (Å²) in [5, 5.41) is 130. The van der Waals surface area contributed by atoms with Gasteiger partial charge in [-0.1, -0.05) is 44.2 Å². The van der Waals surface area contributed by atoms with Crippen molar-refractivity contribution in [1.82, 2.24) is 98.9 Å². The number of rotatable bonds is 58. The van der Waals surface area contributed by atoms with Crippen molar-refractivity contribution < 1.29 is 156 Å². The van der Waals surface area contributed by atoms with Gasteiger partial charge in [0, 0.05) is 52.1 Å². The number of carbonyl (C=O) groups excluding carboxylic acids is 19. The van der Waals surface area contributed by atoms with E-state index < -0.39 is 328 Å². The molecule has 0 unspecified atom stereocenters. The van der Waals surface area contributed by atoms with Crippen LogP contribution in [0.15, 0.2) is 30.3 Å². The largest absolute Gasteiger partial charge is 0.481 e. The van der Waals surface area contributed by atoms with Crippen LogP contribution in [0.3, 0.4) is 0 Å². The van der Waals surface area contributed by atoms with Gasteiger partial charge in [0.2, 0.25) is 112 Å². The summed E-state index contributed by atoms with van der Waals surface area (Å²) in [5.74, 6) is -27.5. The molecule has 0 saturated carbocycles. The molecule has 56 heteroatoms. The lowest BCUT2D eigenvalue weighted by atomic mass is 10.0. The number of amides is 19. The first-order valence-electron chi connectivity index (χ1n) is 47.0. The quantitative estimate of drug-likeness (QED) is 0.0164. The molecule has 0 aromatic heterocycles. The molecule has 19 amide bonds. The van der Waals surface area contributed by atoms with Crippen molar-refractivity contribution in [2.24, 2.45) is 28.9 Å². The summed E-state index contributed by atoms with van der Waals surface area (Å²) in [4.78, 5) is 319. The number of carbonyl (C=O) groups is 23. The maximum atomic E-state index is 14.7. The predicted octanol–water partition coefficient (Wildman–Crippen LogP) is -13.0. The van der Waals surface area contributed by atoms with Crippen LogP contribution in [0.1, 0.15) is 161 Å². The van der Waals surface area contributed by atoms with E-state index in [0.717, 1.165) is 4.90 Å². The van der Waals surface area contributed by atoms with Crippen LogP contribution in [0.5, 0.6) is 0 Å². The highest BCUT2D eigenvalue weighted by molar-refractivity contribution is 6.03. The van der Waals surface area contributed by atoms with Crippen molar-refractivity contribution in [1.29, 1.82) is 5.41 Å². The fourth-order valence-electron chi connectivity index (χ4n) is 17.0. The molecule has 0 bridgehead atoms. The molecule has 5 heterocycles. The summed E-state index contributed by atoms with van der Waals surface area (Å²) in [7, 11) is 0. The Kier molecular flexibility index (Phi) is 47.6.